The lowest BCUT2D eigenvalue weighted by molar-refractivity contribution is -0.153. The van der Waals surface area contributed by atoms with Crippen LogP contribution in [-0.4, -0.2) is 118 Å². The summed E-state index contributed by atoms with van der Waals surface area (Å²) in [4.78, 5) is 68.5. The molecule has 2 aliphatic rings. The maximum atomic E-state index is 13.7. The highest BCUT2D eigenvalue weighted by molar-refractivity contribution is 5.98. The molecule has 0 bridgehead atoms. The maximum Gasteiger partial charge on any atom is 0.345 e. The van der Waals surface area contributed by atoms with Gasteiger partial charge < -0.3 is 29.6 Å². The number of amides is 2. The summed E-state index contributed by atoms with van der Waals surface area (Å²) in [5, 5.41) is 5.11. The van der Waals surface area contributed by atoms with Crippen LogP contribution in [0.2, 0.25) is 0 Å². The summed E-state index contributed by atoms with van der Waals surface area (Å²) in [5.41, 5.74) is -0.418. The van der Waals surface area contributed by atoms with Gasteiger partial charge in [0.2, 0.25) is 11.8 Å². The molecule has 2 heterocycles. The van der Waals surface area contributed by atoms with Crippen molar-refractivity contribution in [3.05, 3.63) is 35.9 Å². The Kier molecular flexibility index (Phi) is 16.4. The molecule has 280 valence electrons. The number of benzene rings is 1. The van der Waals surface area contributed by atoms with E-state index in [1.165, 1.54) is 0 Å². The molecule has 0 aromatic heterocycles. The number of ketones is 3. The third-order valence-corrected chi connectivity index (χ3v) is 8.44. The third-order valence-electron chi connectivity index (χ3n) is 8.44. The highest BCUT2D eigenvalue weighted by atomic mass is 19.3. The van der Waals surface area contributed by atoms with Gasteiger partial charge in [0.25, 0.3) is 0 Å². The molecule has 0 aliphatic carbocycles. The zero-order valence-corrected chi connectivity index (χ0v) is 28.5. The Morgan fingerprint density at radius 3 is 1.92 bits per heavy atom. The summed E-state index contributed by atoms with van der Waals surface area (Å²) in [5.74, 6) is -6.39. The van der Waals surface area contributed by atoms with Gasteiger partial charge >= 0.3 is 13.2 Å². The normalized spacial score (nSPS) is 20.3. The fourth-order valence-corrected chi connectivity index (χ4v) is 5.57. The van der Waals surface area contributed by atoms with Crippen molar-refractivity contribution in [2.24, 2.45) is 17.8 Å². The number of alkyl halides is 4. The Morgan fingerprint density at radius 1 is 0.860 bits per heavy atom. The predicted molar refractivity (Wildman–Crippen MR) is 170 cm³/mol. The molecule has 50 heavy (non-hydrogen) atoms. The van der Waals surface area contributed by atoms with E-state index < -0.39 is 98.0 Å². The van der Waals surface area contributed by atoms with Gasteiger partial charge in [-0.05, 0) is 31.2 Å². The minimum absolute atomic E-state index is 0.0316. The first kappa shape index (κ1) is 41.1. The van der Waals surface area contributed by atoms with E-state index >= 15 is 0 Å². The van der Waals surface area contributed by atoms with Crippen LogP contribution in [0.15, 0.2) is 30.3 Å². The number of epoxide rings is 1. The van der Waals surface area contributed by atoms with Crippen molar-refractivity contribution in [3.63, 3.8) is 0 Å². The highest BCUT2D eigenvalue weighted by Crippen LogP contribution is 2.29. The Balaban J connectivity index is 1.75. The van der Waals surface area contributed by atoms with Gasteiger partial charge in [0.1, 0.15) is 11.4 Å². The molecule has 0 saturated carbocycles. The molecule has 16 heteroatoms. The number of morpholine rings is 1. The molecule has 2 amide bonds. The van der Waals surface area contributed by atoms with Crippen molar-refractivity contribution in [3.8, 4) is 0 Å². The average Bonchev–Trinajstić information content (AvgIpc) is 3.82. The number of Topliss-reactive ketones (excluding diaryl/α,β-unsaturated/α-hetero) is 3. The van der Waals surface area contributed by atoms with Gasteiger partial charge in [-0.2, -0.15) is 17.6 Å². The van der Waals surface area contributed by atoms with Crippen molar-refractivity contribution in [2.75, 3.05) is 52.7 Å². The number of halogens is 4. The largest absolute Gasteiger partial charge is 0.379 e. The lowest BCUT2D eigenvalue weighted by Crippen LogP contribution is -2.51. The Hall–Kier alpha value is -3.31. The zero-order valence-electron chi connectivity index (χ0n) is 28.5. The molecule has 0 radical (unpaired) electrons. The quantitative estimate of drug-likeness (QED) is 0.128. The van der Waals surface area contributed by atoms with Crippen LogP contribution in [0.1, 0.15) is 45.6 Å². The second kappa shape index (κ2) is 19.9. The maximum absolute atomic E-state index is 13.7. The molecule has 2 saturated heterocycles. The first-order valence-electron chi connectivity index (χ1n) is 16.6. The summed E-state index contributed by atoms with van der Waals surface area (Å²) in [7, 11) is 0. The molecular formula is C34H47F4N3O9. The van der Waals surface area contributed by atoms with E-state index in [0.29, 0.717) is 31.9 Å². The standard InChI is InChI=1S/C34H47F4N3O9/c1-21(2)13-26(39-30(45)23(18-48-32(35)36)15-25(42)17-41-9-11-47-12-10-41)28(43)16-24(19-49-33(37)38)31(46)40-27(29(44)34(3)20-50-34)14-22-7-5-4-6-8-22/h4-8,21,23-24,26-27,32-33H,9-20H2,1-3H3,(H,39,45)(H,40,46)/t23-,24-,26-,27-,34+/m0/s1. The van der Waals surface area contributed by atoms with Gasteiger partial charge in [-0.25, -0.2) is 0 Å². The van der Waals surface area contributed by atoms with Crippen molar-refractivity contribution in [1.82, 2.24) is 15.5 Å². The average molecular weight is 718 g/mol. The van der Waals surface area contributed by atoms with Crippen molar-refractivity contribution in [1.29, 1.82) is 0 Å². The van der Waals surface area contributed by atoms with Gasteiger partial charge in [0, 0.05) is 25.9 Å². The van der Waals surface area contributed by atoms with E-state index in [-0.39, 0.29) is 31.9 Å². The minimum Gasteiger partial charge on any atom is -0.379 e. The first-order chi connectivity index (χ1) is 23.7. The molecule has 12 nitrogen and oxygen atoms in total. The van der Waals surface area contributed by atoms with E-state index in [1.54, 1.807) is 51.1 Å². The topological polar surface area (TPSA) is 153 Å². The molecule has 0 spiro atoms. The van der Waals surface area contributed by atoms with Crippen molar-refractivity contribution >= 4 is 29.2 Å². The van der Waals surface area contributed by atoms with Crippen LogP contribution in [0.3, 0.4) is 0 Å². The van der Waals surface area contributed by atoms with Gasteiger partial charge in [0.15, 0.2) is 11.6 Å². The first-order valence-corrected chi connectivity index (χ1v) is 16.6. The number of hydrogen-bond acceptors (Lipinski definition) is 10. The van der Waals surface area contributed by atoms with E-state index in [4.69, 9.17) is 9.47 Å². The third kappa shape index (κ3) is 14.1. The van der Waals surface area contributed by atoms with Crippen LogP contribution < -0.4 is 10.6 Å². The number of carbonyl (C=O) groups is 5. The van der Waals surface area contributed by atoms with Crippen LogP contribution in [0, 0.1) is 17.8 Å². The van der Waals surface area contributed by atoms with E-state index in [9.17, 15) is 41.5 Å². The van der Waals surface area contributed by atoms with Gasteiger partial charge in [-0.15, -0.1) is 0 Å². The van der Waals surface area contributed by atoms with E-state index in [2.05, 4.69) is 20.1 Å². The number of ether oxygens (including phenoxy) is 4. The van der Waals surface area contributed by atoms with Crippen molar-refractivity contribution < 1.29 is 60.5 Å². The monoisotopic (exact) mass is 717 g/mol. The second-order valence-electron chi connectivity index (χ2n) is 13.2. The fourth-order valence-electron chi connectivity index (χ4n) is 5.57. The minimum atomic E-state index is -3.27. The second-order valence-corrected chi connectivity index (χ2v) is 13.2. The summed E-state index contributed by atoms with van der Waals surface area (Å²) < 4.78 is 71.6. The Morgan fingerprint density at radius 2 is 1.40 bits per heavy atom. The van der Waals surface area contributed by atoms with Crippen LogP contribution >= 0.6 is 0 Å². The van der Waals surface area contributed by atoms with Crippen LogP contribution in [0.5, 0.6) is 0 Å². The Bertz CT molecular complexity index is 1280. The molecule has 2 fully saturated rings. The van der Waals surface area contributed by atoms with Crippen LogP contribution in [-0.2, 0) is 49.3 Å². The van der Waals surface area contributed by atoms with Gasteiger partial charge in [-0.3, -0.25) is 28.9 Å². The summed E-state index contributed by atoms with van der Waals surface area (Å²) in [6.45, 7) is -1.17. The number of rotatable bonds is 23. The van der Waals surface area contributed by atoms with E-state index in [0.717, 1.165) is 0 Å². The predicted octanol–water partition coefficient (Wildman–Crippen LogP) is 2.56. The lowest BCUT2D eigenvalue weighted by atomic mass is 9.91. The van der Waals surface area contributed by atoms with Gasteiger partial charge in [0.05, 0.1) is 63.5 Å². The lowest BCUT2D eigenvalue weighted by Gasteiger charge is -2.27. The molecular weight excluding hydrogens is 670 g/mol. The van der Waals surface area contributed by atoms with Crippen molar-refractivity contribution in [2.45, 2.75) is 77.4 Å². The number of nitrogens with zero attached hydrogens (tertiary/aromatic N) is 1. The molecule has 0 unspecified atom stereocenters. The fraction of sp³-hybridized carbons (Fsp3) is 0.676. The number of carbonyl (C=O) groups excluding carboxylic acids is 5. The molecule has 2 N–H and O–H groups in total. The smallest absolute Gasteiger partial charge is 0.345 e. The molecule has 1 aromatic carbocycles. The number of nitrogens with one attached hydrogen (secondary N) is 2. The molecule has 3 rings (SSSR count). The SMILES string of the molecule is CC(C)C[C@H](NC(=O)[C@H](COC(F)F)CC(=O)CN1CCOCC1)C(=O)C[C@@H](COC(F)F)C(=O)N[C@@H](Cc1ccccc1)C(=O)[C@@]1(C)CO1. The van der Waals surface area contributed by atoms with E-state index in [1.807, 2.05) is 4.90 Å². The molecule has 2 aliphatic heterocycles. The zero-order chi connectivity index (χ0) is 36.8. The summed E-state index contributed by atoms with van der Waals surface area (Å²) in [6, 6.07) is 6.39. The summed E-state index contributed by atoms with van der Waals surface area (Å²) in [6.07, 6.45) is -0.988. The Labute approximate surface area is 288 Å². The highest BCUT2D eigenvalue weighted by Gasteiger charge is 2.50. The molecule has 1 aromatic rings. The number of hydrogen-bond donors (Lipinski definition) is 2. The van der Waals surface area contributed by atoms with Crippen LogP contribution in [0.25, 0.3) is 0 Å². The van der Waals surface area contributed by atoms with Crippen LogP contribution in [0.4, 0.5) is 17.6 Å². The summed E-state index contributed by atoms with van der Waals surface area (Å²) >= 11 is 0. The van der Waals surface area contributed by atoms with Gasteiger partial charge in [-0.1, -0.05) is 44.2 Å². The molecule has 5 atom stereocenters.